The van der Waals surface area contributed by atoms with Gasteiger partial charge in [0.25, 0.3) is 0 Å². The molecule has 6 nitrogen and oxygen atoms in total. The van der Waals surface area contributed by atoms with E-state index in [1.54, 1.807) is 14.2 Å². The Morgan fingerprint density at radius 3 is 2.28 bits per heavy atom. The summed E-state index contributed by atoms with van der Waals surface area (Å²) in [5, 5.41) is 0. The van der Waals surface area contributed by atoms with Crippen molar-refractivity contribution in [1.29, 1.82) is 0 Å². The highest BCUT2D eigenvalue weighted by molar-refractivity contribution is 5.84. The van der Waals surface area contributed by atoms with Crippen molar-refractivity contribution >= 4 is 11.8 Å². The molecular weight excluding hydrogens is 368 g/mol. The molecular formula is C23H32N2O4. The minimum absolute atomic E-state index is 0.0708. The summed E-state index contributed by atoms with van der Waals surface area (Å²) in [6, 6.07) is 5.74. The van der Waals surface area contributed by atoms with E-state index in [2.05, 4.69) is 0 Å². The number of ether oxygens (including phenoxy) is 2. The number of carbonyl (C=O) groups excluding carboxylic acids is 2. The Morgan fingerprint density at radius 2 is 1.62 bits per heavy atom. The van der Waals surface area contributed by atoms with Crippen molar-refractivity contribution in [1.82, 2.24) is 9.80 Å². The quantitative estimate of drug-likeness (QED) is 0.762. The van der Waals surface area contributed by atoms with Crippen molar-refractivity contribution in [3.8, 4) is 11.5 Å². The van der Waals surface area contributed by atoms with Gasteiger partial charge in [-0.25, -0.2) is 0 Å². The molecule has 2 amide bonds. The van der Waals surface area contributed by atoms with E-state index in [1.807, 2.05) is 28.0 Å². The number of carbonyl (C=O) groups is 2. The topological polar surface area (TPSA) is 59.1 Å². The van der Waals surface area contributed by atoms with Crippen molar-refractivity contribution < 1.29 is 19.1 Å². The second-order valence-electron chi connectivity index (χ2n) is 8.58. The lowest BCUT2D eigenvalue weighted by Crippen LogP contribution is -2.38. The van der Waals surface area contributed by atoms with E-state index < -0.39 is 0 Å². The molecule has 2 saturated heterocycles. The molecule has 3 fully saturated rings. The van der Waals surface area contributed by atoms with Crippen LogP contribution in [0.2, 0.25) is 0 Å². The second kappa shape index (κ2) is 8.64. The summed E-state index contributed by atoms with van der Waals surface area (Å²) in [6.45, 7) is 2.74. The average Bonchev–Trinajstić information content (AvgIpc) is 3.53. The first kappa shape index (κ1) is 20.0. The Kier molecular flexibility index (Phi) is 5.97. The maximum atomic E-state index is 13.4. The Hall–Kier alpha value is -2.24. The van der Waals surface area contributed by atoms with Gasteiger partial charge < -0.3 is 19.3 Å². The molecule has 29 heavy (non-hydrogen) atoms. The molecule has 2 aliphatic heterocycles. The van der Waals surface area contributed by atoms with E-state index in [0.29, 0.717) is 13.1 Å². The number of rotatable bonds is 5. The van der Waals surface area contributed by atoms with Crippen molar-refractivity contribution in [3.63, 3.8) is 0 Å². The summed E-state index contributed by atoms with van der Waals surface area (Å²) < 4.78 is 11.1. The van der Waals surface area contributed by atoms with Crippen LogP contribution in [0, 0.1) is 11.8 Å². The number of hydrogen-bond acceptors (Lipinski definition) is 4. The molecule has 3 aliphatic rings. The van der Waals surface area contributed by atoms with E-state index in [4.69, 9.17) is 9.47 Å². The van der Waals surface area contributed by atoms with Crippen LogP contribution in [-0.2, 0) is 9.59 Å². The van der Waals surface area contributed by atoms with Crippen molar-refractivity contribution in [2.75, 3.05) is 40.4 Å². The normalized spacial score (nSPS) is 24.9. The van der Waals surface area contributed by atoms with E-state index in [0.717, 1.165) is 68.7 Å². The largest absolute Gasteiger partial charge is 0.497 e. The van der Waals surface area contributed by atoms with E-state index in [-0.39, 0.29) is 29.6 Å². The fraction of sp³-hybridized carbons (Fsp3) is 0.652. The highest BCUT2D eigenvalue weighted by Crippen LogP contribution is 2.41. The standard InChI is InChI=1S/C23H32N2O4/c1-28-17-9-10-21(29-2)18(13-17)19-14-25(22(26)16-7-3-4-8-16)15-20(19)23(27)24-11-5-6-12-24/h9-10,13,16,19-20H,3-8,11-12,14-15H2,1-2H3. The van der Waals surface area contributed by atoms with Gasteiger partial charge >= 0.3 is 0 Å². The number of amides is 2. The van der Waals surface area contributed by atoms with Crippen LogP contribution < -0.4 is 9.47 Å². The van der Waals surface area contributed by atoms with Gasteiger partial charge in [-0.15, -0.1) is 0 Å². The predicted octanol–water partition coefficient (Wildman–Crippen LogP) is 3.06. The molecule has 2 heterocycles. The summed E-state index contributed by atoms with van der Waals surface area (Å²) in [5.41, 5.74) is 0.964. The first-order valence-electron chi connectivity index (χ1n) is 10.9. The average molecular weight is 401 g/mol. The van der Waals surface area contributed by atoms with Gasteiger partial charge in [0.2, 0.25) is 11.8 Å². The van der Waals surface area contributed by atoms with Gasteiger partial charge in [0.1, 0.15) is 11.5 Å². The molecule has 0 aromatic heterocycles. The van der Waals surface area contributed by atoms with E-state index >= 15 is 0 Å². The number of hydrogen-bond donors (Lipinski definition) is 0. The van der Waals surface area contributed by atoms with Crippen LogP contribution in [-0.4, -0.2) is 62.0 Å². The third-order valence-electron chi connectivity index (χ3n) is 6.91. The van der Waals surface area contributed by atoms with Crippen LogP contribution in [0.1, 0.15) is 50.0 Å². The summed E-state index contributed by atoms with van der Waals surface area (Å²) in [4.78, 5) is 30.5. The summed E-state index contributed by atoms with van der Waals surface area (Å²) in [6.07, 6.45) is 6.36. The van der Waals surface area contributed by atoms with Crippen LogP contribution in [0.15, 0.2) is 18.2 Å². The van der Waals surface area contributed by atoms with Crippen molar-refractivity contribution in [2.45, 2.75) is 44.4 Å². The lowest BCUT2D eigenvalue weighted by Gasteiger charge is -2.25. The zero-order valence-corrected chi connectivity index (χ0v) is 17.6. The fourth-order valence-corrected chi connectivity index (χ4v) is 5.28. The molecule has 0 spiro atoms. The van der Waals surface area contributed by atoms with Crippen LogP contribution in [0.4, 0.5) is 0 Å². The van der Waals surface area contributed by atoms with Gasteiger partial charge in [-0.3, -0.25) is 9.59 Å². The van der Waals surface area contributed by atoms with Crippen LogP contribution in [0.5, 0.6) is 11.5 Å². The molecule has 6 heteroatoms. The molecule has 4 rings (SSSR count). The summed E-state index contributed by atoms with van der Waals surface area (Å²) in [7, 11) is 3.29. The molecule has 0 bridgehead atoms. The Balaban J connectivity index is 1.64. The maximum Gasteiger partial charge on any atom is 0.228 e. The van der Waals surface area contributed by atoms with Crippen molar-refractivity contribution in [2.24, 2.45) is 11.8 Å². The molecule has 1 aromatic rings. The monoisotopic (exact) mass is 400 g/mol. The van der Waals surface area contributed by atoms with Gasteiger partial charge in [-0.2, -0.15) is 0 Å². The molecule has 2 atom stereocenters. The highest BCUT2D eigenvalue weighted by Gasteiger charge is 2.44. The van der Waals surface area contributed by atoms with E-state index in [9.17, 15) is 9.59 Å². The van der Waals surface area contributed by atoms with Crippen molar-refractivity contribution in [3.05, 3.63) is 23.8 Å². The summed E-state index contributed by atoms with van der Waals surface area (Å²) in [5.74, 6) is 1.74. The Labute approximate surface area is 173 Å². The maximum absolute atomic E-state index is 13.4. The zero-order chi connectivity index (χ0) is 20.4. The van der Waals surface area contributed by atoms with Crippen LogP contribution >= 0.6 is 0 Å². The van der Waals surface area contributed by atoms with Crippen LogP contribution in [0.25, 0.3) is 0 Å². The number of methoxy groups -OCH3 is 2. The lowest BCUT2D eigenvalue weighted by molar-refractivity contribution is -0.136. The lowest BCUT2D eigenvalue weighted by atomic mass is 9.87. The number of nitrogens with zero attached hydrogens (tertiary/aromatic N) is 2. The second-order valence-corrected chi connectivity index (χ2v) is 8.58. The van der Waals surface area contributed by atoms with Gasteiger partial charge in [0.15, 0.2) is 0 Å². The van der Waals surface area contributed by atoms with E-state index in [1.165, 1.54) is 0 Å². The minimum atomic E-state index is -0.223. The van der Waals surface area contributed by atoms with Crippen LogP contribution in [0.3, 0.4) is 0 Å². The molecule has 0 N–H and O–H groups in total. The molecule has 0 radical (unpaired) electrons. The Bertz CT molecular complexity index is 753. The summed E-state index contributed by atoms with van der Waals surface area (Å²) >= 11 is 0. The first-order valence-corrected chi connectivity index (χ1v) is 10.9. The first-order chi connectivity index (χ1) is 14.1. The molecule has 1 aliphatic carbocycles. The van der Waals surface area contributed by atoms with Gasteiger partial charge in [-0.05, 0) is 43.9 Å². The number of likely N-dealkylation sites (tertiary alicyclic amines) is 2. The minimum Gasteiger partial charge on any atom is -0.497 e. The third kappa shape index (κ3) is 3.94. The highest BCUT2D eigenvalue weighted by atomic mass is 16.5. The fourth-order valence-electron chi connectivity index (χ4n) is 5.28. The SMILES string of the molecule is COc1ccc(OC)c(C2CN(C(=O)C3CCCC3)CC2C(=O)N2CCCC2)c1. The smallest absolute Gasteiger partial charge is 0.228 e. The Morgan fingerprint density at radius 1 is 0.897 bits per heavy atom. The zero-order valence-electron chi connectivity index (χ0n) is 17.6. The molecule has 1 aromatic carbocycles. The molecule has 158 valence electrons. The number of benzene rings is 1. The third-order valence-corrected chi connectivity index (χ3v) is 6.91. The molecule has 2 unspecified atom stereocenters. The molecule has 1 saturated carbocycles. The van der Waals surface area contributed by atoms with Gasteiger partial charge in [0.05, 0.1) is 20.1 Å². The van der Waals surface area contributed by atoms with Gasteiger partial charge in [0, 0.05) is 43.6 Å². The van der Waals surface area contributed by atoms with Gasteiger partial charge in [-0.1, -0.05) is 12.8 Å². The predicted molar refractivity (Wildman–Crippen MR) is 110 cm³/mol.